The largest absolute Gasteiger partial charge is 0.384 e. The smallest absolute Gasteiger partial charge is 0.106 e. The number of benzene rings is 2. The summed E-state index contributed by atoms with van der Waals surface area (Å²) in [6.45, 7) is 0. The molecule has 0 heterocycles. The zero-order chi connectivity index (χ0) is 12.4. The molecule has 0 saturated carbocycles. The fourth-order valence-corrected chi connectivity index (χ4v) is 2.32. The van der Waals surface area contributed by atoms with E-state index in [2.05, 4.69) is 22.6 Å². The van der Waals surface area contributed by atoms with Crippen molar-refractivity contribution in [2.45, 2.75) is 6.10 Å². The van der Waals surface area contributed by atoms with Crippen molar-refractivity contribution in [3.8, 4) is 0 Å². The van der Waals surface area contributed by atoms with E-state index < -0.39 is 6.10 Å². The lowest BCUT2D eigenvalue weighted by Gasteiger charge is -2.13. The number of halogens is 3. The molecular formula is C13H9Cl2IO. The molecule has 1 N–H and O–H groups in total. The third-order valence-corrected chi connectivity index (χ3v) is 4.38. The van der Waals surface area contributed by atoms with Gasteiger partial charge in [0.05, 0.1) is 5.02 Å². The standard InChI is InChI=1S/C13H9Cl2IO/c14-10-4-2-1-3-9(10)13(17)8-5-6-12(16)11(15)7-8/h1-7,13,17H. The third-order valence-electron chi connectivity index (χ3n) is 2.46. The van der Waals surface area contributed by atoms with Gasteiger partial charge in [0.25, 0.3) is 0 Å². The zero-order valence-corrected chi connectivity index (χ0v) is 12.4. The van der Waals surface area contributed by atoms with E-state index in [9.17, 15) is 5.11 Å². The summed E-state index contributed by atoms with van der Waals surface area (Å²) in [5.74, 6) is 0. The van der Waals surface area contributed by atoms with Gasteiger partial charge in [0.2, 0.25) is 0 Å². The second kappa shape index (κ2) is 5.57. The first-order chi connectivity index (χ1) is 8.09. The van der Waals surface area contributed by atoms with Crippen LogP contribution in [0.5, 0.6) is 0 Å². The number of aliphatic hydroxyl groups is 1. The second-order valence-electron chi connectivity index (χ2n) is 3.60. The molecular weight excluding hydrogens is 370 g/mol. The molecule has 0 spiro atoms. The van der Waals surface area contributed by atoms with Gasteiger partial charge in [0, 0.05) is 14.2 Å². The molecule has 1 nitrogen and oxygen atoms in total. The van der Waals surface area contributed by atoms with Crippen molar-refractivity contribution in [2.24, 2.45) is 0 Å². The monoisotopic (exact) mass is 378 g/mol. The Balaban J connectivity index is 2.40. The third kappa shape index (κ3) is 2.94. The summed E-state index contributed by atoms with van der Waals surface area (Å²) in [5.41, 5.74) is 1.43. The highest BCUT2D eigenvalue weighted by molar-refractivity contribution is 14.1. The number of rotatable bonds is 2. The molecule has 0 aromatic heterocycles. The first-order valence-corrected chi connectivity index (χ1v) is 6.80. The molecule has 88 valence electrons. The van der Waals surface area contributed by atoms with Gasteiger partial charge in [-0.15, -0.1) is 0 Å². The fourth-order valence-electron chi connectivity index (χ4n) is 1.56. The summed E-state index contributed by atoms with van der Waals surface area (Å²) in [7, 11) is 0. The number of hydrogen-bond donors (Lipinski definition) is 1. The van der Waals surface area contributed by atoms with Crippen LogP contribution in [0.15, 0.2) is 42.5 Å². The van der Waals surface area contributed by atoms with Crippen LogP contribution >= 0.6 is 45.8 Å². The van der Waals surface area contributed by atoms with E-state index in [4.69, 9.17) is 23.2 Å². The molecule has 0 aliphatic heterocycles. The van der Waals surface area contributed by atoms with Crippen molar-refractivity contribution in [2.75, 3.05) is 0 Å². The lowest BCUT2D eigenvalue weighted by Crippen LogP contribution is -2.00. The summed E-state index contributed by atoms with van der Waals surface area (Å²) in [6.07, 6.45) is -0.752. The molecule has 1 unspecified atom stereocenters. The van der Waals surface area contributed by atoms with Gasteiger partial charge < -0.3 is 5.11 Å². The summed E-state index contributed by atoms with van der Waals surface area (Å²) >= 11 is 14.2. The summed E-state index contributed by atoms with van der Waals surface area (Å²) in [6, 6.07) is 12.7. The lowest BCUT2D eigenvalue weighted by atomic mass is 10.0. The van der Waals surface area contributed by atoms with E-state index in [1.165, 1.54) is 0 Å². The molecule has 4 heteroatoms. The highest BCUT2D eigenvalue weighted by Gasteiger charge is 2.14. The SMILES string of the molecule is OC(c1ccc(I)c(Cl)c1)c1ccccc1Cl. The van der Waals surface area contributed by atoms with Crippen molar-refractivity contribution >= 4 is 45.8 Å². The van der Waals surface area contributed by atoms with Crippen LogP contribution < -0.4 is 0 Å². The van der Waals surface area contributed by atoms with Crippen molar-refractivity contribution in [3.63, 3.8) is 0 Å². The highest BCUT2D eigenvalue weighted by Crippen LogP contribution is 2.30. The van der Waals surface area contributed by atoms with Gasteiger partial charge >= 0.3 is 0 Å². The molecule has 2 rings (SSSR count). The fraction of sp³-hybridized carbons (Fsp3) is 0.0769. The Labute approximate surface area is 124 Å². The van der Waals surface area contributed by atoms with Gasteiger partial charge in [-0.05, 0) is 46.4 Å². The van der Waals surface area contributed by atoms with Crippen LogP contribution in [0.2, 0.25) is 10.0 Å². The van der Waals surface area contributed by atoms with Crippen LogP contribution in [0.4, 0.5) is 0 Å². The van der Waals surface area contributed by atoms with Crippen LogP contribution in [0.25, 0.3) is 0 Å². The van der Waals surface area contributed by atoms with Gasteiger partial charge in [0.1, 0.15) is 6.10 Å². The zero-order valence-electron chi connectivity index (χ0n) is 8.70. The van der Waals surface area contributed by atoms with E-state index in [1.807, 2.05) is 24.3 Å². The molecule has 0 aliphatic carbocycles. The second-order valence-corrected chi connectivity index (χ2v) is 5.57. The van der Waals surface area contributed by atoms with E-state index >= 15 is 0 Å². The Kier molecular flexibility index (Phi) is 4.31. The predicted octanol–water partition coefficient (Wildman–Crippen LogP) is 4.68. The Morgan fingerprint density at radius 2 is 1.71 bits per heavy atom. The number of hydrogen-bond acceptors (Lipinski definition) is 1. The van der Waals surface area contributed by atoms with Crippen LogP contribution in [0.3, 0.4) is 0 Å². The molecule has 0 bridgehead atoms. The van der Waals surface area contributed by atoms with E-state index in [0.29, 0.717) is 15.6 Å². The molecule has 0 fully saturated rings. The van der Waals surface area contributed by atoms with Crippen LogP contribution in [-0.2, 0) is 0 Å². The summed E-state index contributed by atoms with van der Waals surface area (Å²) in [5, 5.41) is 11.4. The Bertz CT molecular complexity index is 543. The quantitative estimate of drug-likeness (QED) is 0.752. The van der Waals surface area contributed by atoms with E-state index in [0.717, 1.165) is 9.13 Å². The van der Waals surface area contributed by atoms with Crippen molar-refractivity contribution < 1.29 is 5.11 Å². The van der Waals surface area contributed by atoms with E-state index in [1.54, 1.807) is 18.2 Å². The average Bonchev–Trinajstić information content (AvgIpc) is 2.32. The van der Waals surface area contributed by atoms with Crippen LogP contribution in [0.1, 0.15) is 17.2 Å². The highest BCUT2D eigenvalue weighted by atomic mass is 127. The van der Waals surface area contributed by atoms with E-state index in [-0.39, 0.29) is 0 Å². The van der Waals surface area contributed by atoms with Crippen LogP contribution in [-0.4, -0.2) is 5.11 Å². The molecule has 0 aliphatic rings. The summed E-state index contributed by atoms with van der Waals surface area (Å²) in [4.78, 5) is 0. The van der Waals surface area contributed by atoms with Gasteiger partial charge in [0.15, 0.2) is 0 Å². The lowest BCUT2D eigenvalue weighted by molar-refractivity contribution is 0.220. The minimum absolute atomic E-state index is 0.551. The van der Waals surface area contributed by atoms with Gasteiger partial charge in [-0.1, -0.05) is 47.5 Å². The molecule has 1 atom stereocenters. The maximum absolute atomic E-state index is 10.2. The normalized spacial score (nSPS) is 12.5. The maximum atomic E-state index is 10.2. The van der Waals surface area contributed by atoms with Gasteiger partial charge in [-0.3, -0.25) is 0 Å². The van der Waals surface area contributed by atoms with Crippen molar-refractivity contribution in [3.05, 3.63) is 67.2 Å². The average molecular weight is 379 g/mol. The minimum Gasteiger partial charge on any atom is -0.384 e. The van der Waals surface area contributed by atoms with Crippen LogP contribution in [0, 0.1) is 3.57 Å². The maximum Gasteiger partial charge on any atom is 0.106 e. The first kappa shape index (κ1) is 13.1. The first-order valence-electron chi connectivity index (χ1n) is 4.97. The van der Waals surface area contributed by atoms with Crippen molar-refractivity contribution in [1.82, 2.24) is 0 Å². The molecule has 0 radical (unpaired) electrons. The molecule has 17 heavy (non-hydrogen) atoms. The Hall–Kier alpha value is -0.290. The van der Waals surface area contributed by atoms with Gasteiger partial charge in [-0.25, -0.2) is 0 Å². The molecule has 0 saturated heterocycles. The topological polar surface area (TPSA) is 20.2 Å². The molecule has 2 aromatic carbocycles. The molecule has 2 aromatic rings. The van der Waals surface area contributed by atoms with Gasteiger partial charge in [-0.2, -0.15) is 0 Å². The Morgan fingerprint density at radius 1 is 1.00 bits per heavy atom. The number of aliphatic hydroxyl groups excluding tert-OH is 1. The van der Waals surface area contributed by atoms with Crippen molar-refractivity contribution in [1.29, 1.82) is 0 Å². The Morgan fingerprint density at radius 3 is 2.35 bits per heavy atom. The minimum atomic E-state index is -0.752. The summed E-state index contributed by atoms with van der Waals surface area (Å²) < 4.78 is 0.958. The predicted molar refractivity (Wildman–Crippen MR) is 79.7 cm³/mol. The molecule has 0 amide bonds.